The number of amides is 1. The maximum atomic E-state index is 12.3. The van der Waals surface area contributed by atoms with Crippen molar-refractivity contribution in [2.24, 2.45) is 5.41 Å². The van der Waals surface area contributed by atoms with E-state index in [9.17, 15) is 14.7 Å². The third-order valence-electron chi connectivity index (χ3n) is 4.24. The Morgan fingerprint density at radius 2 is 2.05 bits per heavy atom. The molecular formula is C15H27NO4. The minimum Gasteiger partial charge on any atom is -0.481 e. The van der Waals surface area contributed by atoms with Crippen LogP contribution in [0.1, 0.15) is 52.9 Å². The molecular weight excluding hydrogens is 258 g/mol. The fourth-order valence-electron chi connectivity index (χ4n) is 2.86. The monoisotopic (exact) mass is 285 g/mol. The Morgan fingerprint density at radius 1 is 1.40 bits per heavy atom. The second-order valence-corrected chi connectivity index (χ2v) is 6.39. The largest absolute Gasteiger partial charge is 0.481 e. The molecule has 1 amide bonds. The van der Waals surface area contributed by atoms with Crippen molar-refractivity contribution in [1.82, 2.24) is 4.90 Å². The summed E-state index contributed by atoms with van der Waals surface area (Å²) in [6, 6.07) is 0. The molecule has 5 heteroatoms. The fraction of sp³-hybridized carbons (Fsp3) is 0.867. The summed E-state index contributed by atoms with van der Waals surface area (Å²) in [5.41, 5.74) is -1.27. The highest BCUT2D eigenvalue weighted by Crippen LogP contribution is 2.35. The summed E-state index contributed by atoms with van der Waals surface area (Å²) >= 11 is 0. The predicted octanol–water partition coefficient (Wildman–Crippen LogP) is 2.30. The van der Waals surface area contributed by atoms with Crippen molar-refractivity contribution < 1.29 is 19.4 Å². The highest BCUT2D eigenvalue weighted by molar-refractivity contribution is 5.80. The van der Waals surface area contributed by atoms with Crippen LogP contribution in [0.15, 0.2) is 0 Å². The lowest BCUT2D eigenvalue weighted by molar-refractivity contribution is -0.156. The highest BCUT2D eigenvalue weighted by atomic mass is 16.5. The molecule has 20 heavy (non-hydrogen) atoms. The molecule has 0 bridgehead atoms. The van der Waals surface area contributed by atoms with Gasteiger partial charge in [-0.25, -0.2) is 0 Å². The van der Waals surface area contributed by atoms with Crippen LogP contribution in [-0.2, 0) is 14.3 Å². The van der Waals surface area contributed by atoms with Gasteiger partial charge in [-0.05, 0) is 33.1 Å². The summed E-state index contributed by atoms with van der Waals surface area (Å²) in [5, 5.41) is 9.54. The van der Waals surface area contributed by atoms with Crippen LogP contribution in [0.5, 0.6) is 0 Å². The second kappa shape index (κ2) is 6.57. The van der Waals surface area contributed by atoms with Gasteiger partial charge in [-0.3, -0.25) is 9.59 Å². The molecule has 1 unspecified atom stereocenters. The molecule has 1 rings (SSSR count). The number of piperidine rings is 1. The molecule has 1 saturated heterocycles. The van der Waals surface area contributed by atoms with Crippen LogP contribution in [0, 0.1) is 5.41 Å². The number of carboxylic acid groups (broad SMARTS) is 1. The molecule has 116 valence electrons. The standard InChI is InChI=1S/C15H27NO4/c1-5-7-15(13(18)19)8-6-9-16(11-15)12(17)10-14(2,3)20-4/h5-11H2,1-4H3,(H,18,19). The molecule has 0 aliphatic carbocycles. The van der Waals surface area contributed by atoms with E-state index in [2.05, 4.69) is 0 Å². The number of carboxylic acids is 1. The Bertz CT molecular complexity index is 363. The number of rotatable bonds is 6. The number of nitrogens with zero attached hydrogens (tertiary/aromatic N) is 1. The first-order chi connectivity index (χ1) is 9.26. The number of likely N-dealkylation sites (tertiary alicyclic amines) is 1. The Morgan fingerprint density at radius 3 is 2.55 bits per heavy atom. The quantitative estimate of drug-likeness (QED) is 0.813. The minimum absolute atomic E-state index is 0.0155. The van der Waals surface area contributed by atoms with Gasteiger partial charge in [-0.2, -0.15) is 0 Å². The van der Waals surface area contributed by atoms with Crippen molar-refractivity contribution in [1.29, 1.82) is 0 Å². The van der Waals surface area contributed by atoms with Crippen LogP contribution in [0.25, 0.3) is 0 Å². The van der Waals surface area contributed by atoms with E-state index in [0.717, 1.165) is 12.8 Å². The molecule has 0 radical (unpaired) electrons. The molecule has 1 aliphatic heterocycles. The van der Waals surface area contributed by atoms with Crippen LogP contribution in [0.2, 0.25) is 0 Å². The number of aliphatic carboxylic acids is 1. The second-order valence-electron chi connectivity index (χ2n) is 6.39. The molecule has 1 heterocycles. The van der Waals surface area contributed by atoms with E-state index in [-0.39, 0.29) is 12.3 Å². The number of carbonyl (C=O) groups excluding carboxylic acids is 1. The number of carbonyl (C=O) groups is 2. The van der Waals surface area contributed by atoms with Crippen LogP contribution >= 0.6 is 0 Å². The van der Waals surface area contributed by atoms with Crippen molar-refractivity contribution in [3.8, 4) is 0 Å². The first-order valence-electron chi connectivity index (χ1n) is 7.33. The zero-order valence-corrected chi connectivity index (χ0v) is 13.1. The zero-order chi connectivity index (χ0) is 15.4. The van der Waals surface area contributed by atoms with Crippen molar-refractivity contribution >= 4 is 11.9 Å². The van der Waals surface area contributed by atoms with E-state index in [4.69, 9.17) is 4.74 Å². The molecule has 1 fully saturated rings. The molecule has 1 aliphatic rings. The zero-order valence-electron chi connectivity index (χ0n) is 13.1. The topological polar surface area (TPSA) is 66.8 Å². The maximum Gasteiger partial charge on any atom is 0.311 e. The molecule has 0 aromatic carbocycles. The van der Waals surface area contributed by atoms with E-state index < -0.39 is 17.0 Å². The summed E-state index contributed by atoms with van der Waals surface area (Å²) in [7, 11) is 1.59. The summed E-state index contributed by atoms with van der Waals surface area (Å²) in [5.74, 6) is -0.791. The SMILES string of the molecule is CCCC1(C(=O)O)CCCN(C(=O)CC(C)(C)OC)C1. The van der Waals surface area contributed by atoms with Crippen molar-refractivity contribution in [2.75, 3.05) is 20.2 Å². The maximum absolute atomic E-state index is 12.3. The molecule has 1 N–H and O–H groups in total. The van der Waals surface area contributed by atoms with Gasteiger partial charge in [-0.15, -0.1) is 0 Å². The van der Waals surface area contributed by atoms with Gasteiger partial charge in [0.2, 0.25) is 5.91 Å². The van der Waals surface area contributed by atoms with Gasteiger partial charge < -0.3 is 14.7 Å². The van der Waals surface area contributed by atoms with Crippen LogP contribution < -0.4 is 0 Å². The third-order valence-corrected chi connectivity index (χ3v) is 4.24. The summed E-state index contributed by atoms with van der Waals surface area (Å²) in [6.07, 6.45) is 3.14. The van der Waals surface area contributed by atoms with Crippen molar-refractivity contribution in [3.05, 3.63) is 0 Å². The smallest absolute Gasteiger partial charge is 0.311 e. The van der Waals surface area contributed by atoms with Crippen LogP contribution in [0.3, 0.4) is 0 Å². The van der Waals surface area contributed by atoms with Gasteiger partial charge in [0.25, 0.3) is 0 Å². The summed E-state index contributed by atoms with van der Waals surface area (Å²) < 4.78 is 5.28. The summed E-state index contributed by atoms with van der Waals surface area (Å²) in [4.78, 5) is 25.7. The number of hydrogen-bond acceptors (Lipinski definition) is 3. The van der Waals surface area contributed by atoms with Crippen molar-refractivity contribution in [2.45, 2.75) is 58.5 Å². The van der Waals surface area contributed by atoms with E-state index >= 15 is 0 Å². The summed E-state index contributed by atoms with van der Waals surface area (Å²) in [6.45, 7) is 6.70. The van der Waals surface area contributed by atoms with Gasteiger partial charge in [0.15, 0.2) is 0 Å². The van der Waals surface area contributed by atoms with E-state index in [1.165, 1.54) is 0 Å². The Kier molecular flexibility index (Phi) is 5.57. The number of hydrogen-bond donors (Lipinski definition) is 1. The van der Waals surface area contributed by atoms with E-state index in [1.807, 2.05) is 20.8 Å². The Balaban J connectivity index is 2.77. The molecule has 0 aromatic heterocycles. The van der Waals surface area contributed by atoms with Gasteiger partial charge in [0.05, 0.1) is 17.4 Å². The number of methoxy groups -OCH3 is 1. The lowest BCUT2D eigenvalue weighted by atomic mass is 9.76. The lowest BCUT2D eigenvalue weighted by Crippen LogP contribution is -2.51. The van der Waals surface area contributed by atoms with Gasteiger partial charge in [0, 0.05) is 20.2 Å². The van der Waals surface area contributed by atoms with Gasteiger partial charge in [-0.1, -0.05) is 13.3 Å². The normalized spacial score (nSPS) is 23.7. The molecule has 0 aromatic rings. The Labute approximate surface area is 121 Å². The van der Waals surface area contributed by atoms with Gasteiger partial charge in [0.1, 0.15) is 0 Å². The molecule has 0 spiro atoms. The minimum atomic E-state index is -0.775. The average Bonchev–Trinajstić information content (AvgIpc) is 2.38. The van der Waals surface area contributed by atoms with Crippen molar-refractivity contribution in [3.63, 3.8) is 0 Å². The van der Waals surface area contributed by atoms with E-state index in [1.54, 1.807) is 12.0 Å². The first kappa shape index (κ1) is 17.0. The highest BCUT2D eigenvalue weighted by Gasteiger charge is 2.43. The number of ether oxygens (including phenoxy) is 1. The molecule has 5 nitrogen and oxygen atoms in total. The van der Waals surface area contributed by atoms with Gasteiger partial charge >= 0.3 is 5.97 Å². The lowest BCUT2D eigenvalue weighted by Gasteiger charge is -2.40. The fourth-order valence-corrected chi connectivity index (χ4v) is 2.86. The van der Waals surface area contributed by atoms with E-state index in [0.29, 0.717) is 25.9 Å². The van der Waals surface area contributed by atoms with Crippen LogP contribution in [0.4, 0.5) is 0 Å². The molecule has 0 saturated carbocycles. The molecule has 1 atom stereocenters. The third kappa shape index (κ3) is 3.95. The Hall–Kier alpha value is -1.10. The average molecular weight is 285 g/mol. The predicted molar refractivity (Wildman–Crippen MR) is 76.5 cm³/mol. The first-order valence-corrected chi connectivity index (χ1v) is 7.33. The van der Waals surface area contributed by atoms with Crippen LogP contribution in [-0.4, -0.2) is 47.7 Å².